The summed E-state index contributed by atoms with van der Waals surface area (Å²) >= 11 is 0. The minimum Gasteiger partial charge on any atom is -0.405 e. The van der Waals surface area contributed by atoms with E-state index < -0.39 is 5.54 Å². The Kier molecular flexibility index (Phi) is 2.77. The van der Waals surface area contributed by atoms with Gasteiger partial charge in [-0.15, -0.1) is 0 Å². The van der Waals surface area contributed by atoms with Gasteiger partial charge in [-0.05, 0) is 31.9 Å². The first-order valence-electron chi connectivity index (χ1n) is 5.82. The summed E-state index contributed by atoms with van der Waals surface area (Å²) in [6.45, 7) is 7.79. The van der Waals surface area contributed by atoms with Crippen LogP contribution in [0, 0.1) is 12.8 Å². The van der Waals surface area contributed by atoms with Crippen LogP contribution < -0.4 is 0 Å². The summed E-state index contributed by atoms with van der Waals surface area (Å²) in [5.41, 5.74) is 1.28. The first kappa shape index (κ1) is 11.8. The molecule has 0 fully saturated rings. The molecule has 0 radical (unpaired) electrons. The topological polar surface area (TPSA) is 38.7 Å². The fourth-order valence-corrected chi connectivity index (χ4v) is 1.65. The maximum atomic E-state index is 11.9. The first-order chi connectivity index (χ1) is 7.93. The maximum absolute atomic E-state index is 11.9. The number of rotatable bonds is 2. The van der Waals surface area contributed by atoms with Crippen molar-refractivity contribution in [3.8, 4) is 0 Å². The number of hydrogen-bond acceptors (Lipinski definition) is 3. The van der Waals surface area contributed by atoms with Gasteiger partial charge in [0.15, 0.2) is 5.54 Å². The standard InChI is InChI=1S/C14H17NO2/c1-9(2)14(4)13(16)17-12(15-14)11-7-5-10(3)6-8-11/h5-9H,1-4H3. The second-order valence-electron chi connectivity index (χ2n) is 4.97. The number of aliphatic imine (C=N–C) groups is 1. The minimum absolute atomic E-state index is 0.123. The van der Waals surface area contributed by atoms with E-state index in [0.717, 1.165) is 5.56 Å². The smallest absolute Gasteiger partial charge is 0.340 e. The van der Waals surface area contributed by atoms with Crippen molar-refractivity contribution in [2.75, 3.05) is 0 Å². The summed E-state index contributed by atoms with van der Waals surface area (Å²) in [7, 11) is 0. The van der Waals surface area contributed by atoms with Crippen LogP contribution in [0.4, 0.5) is 0 Å². The van der Waals surface area contributed by atoms with E-state index in [2.05, 4.69) is 4.99 Å². The Morgan fingerprint density at radius 1 is 1.24 bits per heavy atom. The molecule has 0 spiro atoms. The molecule has 0 saturated carbocycles. The van der Waals surface area contributed by atoms with Crippen LogP contribution >= 0.6 is 0 Å². The van der Waals surface area contributed by atoms with Crippen LogP contribution in [-0.4, -0.2) is 17.4 Å². The molecular formula is C14H17NO2. The molecule has 2 rings (SSSR count). The van der Waals surface area contributed by atoms with Crippen molar-refractivity contribution >= 4 is 11.9 Å². The number of cyclic esters (lactones) is 1. The molecule has 0 saturated heterocycles. The molecule has 1 atom stereocenters. The van der Waals surface area contributed by atoms with Crippen LogP contribution in [0.5, 0.6) is 0 Å². The van der Waals surface area contributed by atoms with Crippen molar-refractivity contribution in [3.63, 3.8) is 0 Å². The van der Waals surface area contributed by atoms with Gasteiger partial charge in [-0.1, -0.05) is 31.5 Å². The summed E-state index contributed by atoms with van der Waals surface area (Å²) in [6, 6.07) is 7.81. The lowest BCUT2D eigenvalue weighted by atomic mass is 9.90. The van der Waals surface area contributed by atoms with Crippen LogP contribution in [0.2, 0.25) is 0 Å². The fourth-order valence-electron chi connectivity index (χ4n) is 1.65. The number of benzene rings is 1. The van der Waals surface area contributed by atoms with E-state index in [1.54, 1.807) is 0 Å². The molecule has 0 amide bonds. The number of carbonyl (C=O) groups is 1. The Labute approximate surface area is 102 Å². The van der Waals surface area contributed by atoms with Gasteiger partial charge in [0.05, 0.1) is 0 Å². The largest absolute Gasteiger partial charge is 0.405 e. The molecule has 3 heteroatoms. The number of esters is 1. The minimum atomic E-state index is -0.750. The van der Waals surface area contributed by atoms with Crippen molar-refractivity contribution in [1.82, 2.24) is 0 Å². The third kappa shape index (κ3) is 1.97. The van der Waals surface area contributed by atoms with Crippen LogP contribution in [0.3, 0.4) is 0 Å². The van der Waals surface area contributed by atoms with E-state index in [1.165, 1.54) is 5.56 Å². The molecule has 3 nitrogen and oxygen atoms in total. The molecule has 0 aliphatic carbocycles. The van der Waals surface area contributed by atoms with E-state index in [1.807, 2.05) is 52.0 Å². The van der Waals surface area contributed by atoms with E-state index >= 15 is 0 Å². The predicted octanol–water partition coefficient (Wildman–Crippen LogP) is 2.71. The summed E-state index contributed by atoms with van der Waals surface area (Å²) in [6.07, 6.45) is 0. The second-order valence-corrected chi connectivity index (χ2v) is 4.97. The fraction of sp³-hybridized carbons (Fsp3) is 0.429. The Morgan fingerprint density at radius 3 is 2.29 bits per heavy atom. The molecule has 17 heavy (non-hydrogen) atoms. The number of carbonyl (C=O) groups excluding carboxylic acids is 1. The number of nitrogens with zero attached hydrogens (tertiary/aromatic N) is 1. The molecular weight excluding hydrogens is 214 g/mol. The predicted molar refractivity (Wildman–Crippen MR) is 67.1 cm³/mol. The van der Waals surface area contributed by atoms with Crippen molar-refractivity contribution in [1.29, 1.82) is 0 Å². The molecule has 1 aromatic carbocycles. The van der Waals surface area contributed by atoms with Gasteiger partial charge in [-0.25, -0.2) is 9.79 Å². The van der Waals surface area contributed by atoms with Crippen molar-refractivity contribution in [2.24, 2.45) is 10.9 Å². The summed E-state index contributed by atoms with van der Waals surface area (Å²) in [5, 5.41) is 0. The monoisotopic (exact) mass is 231 g/mol. The normalized spacial score (nSPS) is 23.8. The van der Waals surface area contributed by atoms with E-state index in [0.29, 0.717) is 5.90 Å². The van der Waals surface area contributed by atoms with Crippen LogP contribution in [0.25, 0.3) is 0 Å². The zero-order valence-corrected chi connectivity index (χ0v) is 10.7. The quantitative estimate of drug-likeness (QED) is 0.734. The van der Waals surface area contributed by atoms with Gasteiger partial charge >= 0.3 is 5.97 Å². The molecule has 1 aliphatic rings. The average Bonchev–Trinajstić information content (AvgIpc) is 2.58. The van der Waals surface area contributed by atoms with Crippen LogP contribution in [-0.2, 0) is 9.53 Å². The van der Waals surface area contributed by atoms with Gasteiger partial charge in [0, 0.05) is 5.56 Å². The number of aryl methyl sites for hydroxylation is 1. The van der Waals surface area contributed by atoms with Gasteiger partial charge in [0.25, 0.3) is 0 Å². The van der Waals surface area contributed by atoms with Gasteiger partial charge in [0.1, 0.15) is 0 Å². The van der Waals surface area contributed by atoms with E-state index in [9.17, 15) is 4.79 Å². The van der Waals surface area contributed by atoms with Gasteiger partial charge in [-0.2, -0.15) is 0 Å². The average molecular weight is 231 g/mol. The van der Waals surface area contributed by atoms with Crippen molar-refractivity contribution in [3.05, 3.63) is 35.4 Å². The van der Waals surface area contributed by atoms with Gasteiger partial charge < -0.3 is 4.74 Å². The molecule has 0 bridgehead atoms. The third-order valence-electron chi connectivity index (χ3n) is 3.36. The highest BCUT2D eigenvalue weighted by atomic mass is 16.6. The Balaban J connectivity index is 2.36. The lowest BCUT2D eigenvalue weighted by Crippen LogP contribution is -2.35. The highest BCUT2D eigenvalue weighted by molar-refractivity contribution is 6.07. The highest BCUT2D eigenvalue weighted by Gasteiger charge is 2.44. The molecule has 1 heterocycles. The summed E-state index contributed by atoms with van der Waals surface area (Å²) in [4.78, 5) is 16.3. The van der Waals surface area contributed by atoms with E-state index in [-0.39, 0.29) is 11.9 Å². The Hall–Kier alpha value is -1.64. The Morgan fingerprint density at radius 2 is 1.82 bits per heavy atom. The molecule has 0 aromatic heterocycles. The summed E-state index contributed by atoms with van der Waals surface area (Å²) in [5.74, 6) is 0.298. The van der Waals surface area contributed by atoms with E-state index in [4.69, 9.17) is 4.74 Å². The SMILES string of the molecule is Cc1ccc(C2=NC(C)(C(C)C)C(=O)O2)cc1. The lowest BCUT2D eigenvalue weighted by molar-refractivity contribution is -0.139. The van der Waals surface area contributed by atoms with Gasteiger partial charge in [0.2, 0.25) is 5.90 Å². The molecule has 0 N–H and O–H groups in total. The summed E-state index contributed by atoms with van der Waals surface area (Å²) < 4.78 is 5.28. The lowest BCUT2D eigenvalue weighted by Gasteiger charge is -2.19. The zero-order chi connectivity index (χ0) is 12.6. The molecule has 1 unspecified atom stereocenters. The zero-order valence-electron chi connectivity index (χ0n) is 10.7. The number of ether oxygens (including phenoxy) is 1. The highest BCUT2D eigenvalue weighted by Crippen LogP contribution is 2.29. The van der Waals surface area contributed by atoms with Gasteiger partial charge in [-0.3, -0.25) is 0 Å². The molecule has 1 aromatic rings. The molecule has 90 valence electrons. The number of hydrogen-bond donors (Lipinski definition) is 0. The third-order valence-corrected chi connectivity index (χ3v) is 3.36. The Bertz CT molecular complexity index is 474. The second kappa shape index (κ2) is 3.99. The maximum Gasteiger partial charge on any atom is 0.340 e. The van der Waals surface area contributed by atoms with Crippen molar-refractivity contribution < 1.29 is 9.53 Å². The van der Waals surface area contributed by atoms with Crippen LogP contribution in [0.15, 0.2) is 29.3 Å². The van der Waals surface area contributed by atoms with Crippen molar-refractivity contribution in [2.45, 2.75) is 33.2 Å². The molecule has 1 aliphatic heterocycles. The first-order valence-corrected chi connectivity index (χ1v) is 5.82. The van der Waals surface area contributed by atoms with Crippen LogP contribution in [0.1, 0.15) is 31.9 Å².